The van der Waals surface area contributed by atoms with Crippen LogP contribution in [0.15, 0.2) is 52.4 Å². The standard InChI is InChI=1S/C19H13F2N3O2S/c1-27-19-23-17(14(9-22)18(25)24-19)12-4-2-3-11(7-12)10-26-13-5-6-15(20)16(21)8-13/h2-8H,10H2,1H3,(H,23,24,25). The number of benzene rings is 2. The predicted molar refractivity (Wildman–Crippen MR) is 97.5 cm³/mol. The van der Waals surface area contributed by atoms with Crippen LogP contribution in [-0.2, 0) is 6.61 Å². The number of nitrogens with one attached hydrogen (secondary N) is 1. The summed E-state index contributed by atoms with van der Waals surface area (Å²) < 4.78 is 31.7. The minimum absolute atomic E-state index is 0.0773. The lowest BCUT2D eigenvalue weighted by atomic mass is 10.1. The molecule has 0 aliphatic rings. The van der Waals surface area contributed by atoms with Crippen molar-refractivity contribution in [3.05, 3.63) is 75.6 Å². The van der Waals surface area contributed by atoms with Crippen molar-refractivity contribution in [2.45, 2.75) is 11.8 Å². The summed E-state index contributed by atoms with van der Waals surface area (Å²) in [7, 11) is 0. The van der Waals surface area contributed by atoms with Crippen LogP contribution in [0, 0.1) is 23.0 Å². The summed E-state index contributed by atoms with van der Waals surface area (Å²) in [6.07, 6.45) is 1.76. The normalized spacial score (nSPS) is 10.4. The molecule has 0 radical (unpaired) electrons. The van der Waals surface area contributed by atoms with E-state index in [2.05, 4.69) is 9.97 Å². The van der Waals surface area contributed by atoms with Crippen LogP contribution < -0.4 is 10.3 Å². The number of aromatic nitrogens is 2. The lowest BCUT2D eigenvalue weighted by Gasteiger charge is -2.09. The van der Waals surface area contributed by atoms with E-state index in [1.807, 2.05) is 6.07 Å². The Morgan fingerprint density at radius 2 is 2.04 bits per heavy atom. The van der Waals surface area contributed by atoms with Crippen LogP contribution in [0.2, 0.25) is 0 Å². The third kappa shape index (κ3) is 4.15. The summed E-state index contributed by atoms with van der Waals surface area (Å²) in [6.45, 7) is 0.0966. The van der Waals surface area contributed by atoms with Crippen LogP contribution in [0.5, 0.6) is 5.75 Å². The Labute approximate surface area is 157 Å². The second-order valence-electron chi connectivity index (χ2n) is 5.48. The van der Waals surface area contributed by atoms with E-state index in [0.29, 0.717) is 16.3 Å². The zero-order valence-corrected chi connectivity index (χ0v) is 14.9. The van der Waals surface area contributed by atoms with Crippen LogP contribution in [0.4, 0.5) is 8.78 Å². The summed E-state index contributed by atoms with van der Waals surface area (Å²) in [5.41, 5.74) is 0.996. The topological polar surface area (TPSA) is 78.8 Å². The van der Waals surface area contributed by atoms with Gasteiger partial charge in [-0.15, -0.1) is 0 Å². The van der Waals surface area contributed by atoms with E-state index in [4.69, 9.17) is 4.74 Å². The van der Waals surface area contributed by atoms with Gasteiger partial charge in [-0.25, -0.2) is 13.8 Å². The highest BCUT2D eigenvalue weighted by atomic mass is 32.2. The Hall–Kier alpha value is -3.18. The molecule has 3 rings (SSSR count). The molecule has 5 nitrogen and oxygen atoms in total. The van der Waals surface area contributed by atoms with Crippen molar-refractivity contribution in [1.29, 1.82) is 5.26 Å². The third-order valence-electron chi connectivity index (χ3n) is 3.70. The summed E-state index contributed by atoms with van der Waals surface area (Å²) in [5.74, 6) is -1.74. The first kappa shape index (κ1) is 18.6. The molecular weight excluding hydrogens is 372 g/mol. The number of H-pyrrole nitrogens is 1. The second kappa shape index (κ2) is 8.01. The molecule has 8 heteroatoms. The number of ether oxygens (including phenoxy) is 1. The molecule has 0 saturated heterocycles. The minimum atomic E-state index is -0.989. The van der Waals surface area contributed by atoms with Gasteiger partial charge in [-0.1, -0.05) is 30.0 Å². The monoisotopic (exact) mass is 385 g/mol. The third-order valence-corrected chi connectivity index (χ3v) is 4.28. The Balaban J connectivity index is 1.90. The molecule has 1 heterocycles. The highest BCUT2D eigenvalue weighted by Crippen LogP contribution is 2.23. The molecule has 3 aromatic rings. The van der Waals surface area contributed by atoms with Crippen LogP contribution >= 0.6 is 11.8 Å². The summed E-state index contributed by atoms with van der Waals surface area (Å²) in [6, 6.07) is 12.1. The Morgan fingerprint density at radius 3 is 2.74 bits per heavy atom. The lowest BCUT2D eigenvalue weighted by molar-refractivity contribution is 0.303. The SMILES string of the molecule is CSc1nc(-c2cccc(COc3ccc(F)c(F)c3)c2)c(C#N)c(=O)[nH]1. The van der Waals surface area contributed by atoms with Crippen molar-refractivity contribution in [2.24, 2.45) is 0 Å². The predicted octanol–water partition coefficient (Wildman–Crippen LogP) is 3.89. The van der Waals surface area contributed by atoms with E-state index >= 15 is 0 Å². The molecule has 0 bridgehead atoms. The number of hydrogen-bond donors (Lipinski definition) is 1. The van der Waals surface area contributed by atoms with Crippen LogP contribution in [0.3, 0.4) is 0 Å². The largest absolute Gasteiger partial charge is 0.489 e. The first-order valence-corrected chi connectivity index (χ1v) is 9.00. The minimum Gasteiger partial charge on any atom is -0.489 e. The van der Waals surface area contributed by atoms with Crippen molar-refractivity contribution in [2.75, 3.05) is 6.26 Å². The lowest BCUT2D eigenvalue weighted by Crippen LogP contribution is -2.14. The quantitative estimate of drug-likeness (QED) is 0.533. The van der Waals surface area contributed by atoms with E-state index in [-0.39, 0.29) is 23.6 Å². The van der Waals surface area contributed by atoms with E-state index in [1.54, 1.807) is 30.5 Å². The van der Waals surface area contributed by atoms with Crippen molar-refractivity contribution in [1.82, 2.24) is 9.97 Å². The summed E-state index contributed by atoms with van der Waals surface area (Å²) >= 11 is 1.26. The van der Waals surface area contributed by atoms with Gasteiger partial charge >= 0.3 is 0 Å². The maximum absolute atomic E-state index is 13.3. The van der Waals surface area contributed by atoms with E-state index in [1.165, 1.54) is 17.8 Å². The van der Waals surface area contributed by atoms with E-state index < -0.39 is 17.2 Å². The maximum atomic E-state index is 13.3. The van der Waals surface area contributed by atoms with Crippen molar-refractivity contribution in [3.63, 3.8) is 0 Å². The fourth-order valence-electron chi connectivity index (χ4n) is 2.40. The number of thioether (sulfide) groups is 1. The van der Waals surface area contributed by atoms with Crippen LogP contribution in [0.25, 0.3) is 11.3 Å². The van der Waals surface area contributed by atoms with Crippen LogP contribution in [-0.4, -0.2) is 16.2 Å². The first-order valence-electron chi connectivity index (χ1n) is 7.77. The van der Waals surface area contributed by atoms with Gasteiger partial charge < -0.3 is 9.72 Å². The van der Waals surface area contributed by atoms with Gasteiger partial charge in [0.05, 0.1) is 5.69 Å². The van der Waals surface area contributed by atoms with Gasteiger partial charge in [0, 0.05) is 11.6 Å². The Bertz CT molecular complexity index is 1090. The Kier molecular flexibility index (Phi) is 5.52. The van der Waals surface area contributed by atoms with Gasteiger partial charge in [-0.3, -0.25) is 4.79 Å². The molecule has 0 fully saturated rings. The van der Waals surface area contributed by atoms with Gasteiger partial charge in [0.1, 0.15) is 24.0 Å². The second-order valence-corrected chi connectivity index (χ2v) is 6.27. The van der Waals surface area contributed by atoms with Gasteiger partial charge in [-0.05, 0) is 30.0 Å². The molecule has 0 aliphatic heterocycles. The van der Waals surface area contributed by atoms with E-state index in [0.717, 1.165) is 12.1 Å². The summed E-state index contributed by atoms with van der Waals surface area (Å²) in [4.78, 5) is 18.9. The fourth-order valence-corrected chi connectivity index (χ4v) is 2.78. The van der Waals surface area contributed by atoms with Gasteiger partial charge in [0.25, 0.3) is 5.56 Å². The zero-order chi connectivity index (χ0) is 19.4. The molecule has 0 spiro atoms. The molecule has 0 unspecified atom stereocenters. The molecule has 0 atom stereocenters. The number of rotatable bonds is 5. The molecule has 1 aromatic heterocycles. The van der Waals surface area contributed by atoms with Crippen molar-refractivity contribution in [3.8, 4) is 23.1 Å². The molecular formula is C19H13F2N3O2S. The molecule has 0 amide bonds. The highest BCUT2D eigenvalue weighted by molar-refractivity contribution is 7.98. The highest BCUT2D eigenvalue weighted by Gasteiger charge is 2.13. The van der Waals surface area contributed by atoms with Crippen LogP contribution in [0.1, 0.15) is 11.1 Å². The zero-order valence-electron chi connectivity index (χ0n) is 14.1. The number of hydrogen-bond acceptors (Lipinski definition) is 5. The van der Waals surface area contributed by atoms with Gasteiger partial charge in [0.15, 0.2) is 16.8 Å². The molecule has 2 aromatic carbocycles. The fraction of sp³-hybridized carbons (Fsp3) is 0.105. The molecule has 0 aliphatic carbocycles. The van der Waals surface area contributed by atoms with Gasteiger partial charge in [-0.2, -0.15) is 5.26 Å². The smallest absolute Gasteiger partial charge is 0.270 e. The van der Waals surface area contributed by atoms with Gasteiger partial charge in [0.2, 0.25) is 0 Å². The number of aromatic amines is 1. The molecule has 1 N–H and O–H groups in total. The number of halogens is 2. The molecule has 136 valence electrons. The number of nitriles is 1. The summed E-state index contributed by atoms with van der Waals surface area (Å²) in [5, 5.41) is 9.69. The Morgan fingerprint density at radius 1 is 1.22 bits per heavy atom. The molecule has 0 saturated carbocycles. The average Bonchev–Trinajstić information content (AvgIpc) is 2.68. The number of nitrogens with zero attached hydrogens (tertiary/aromatic N) is 2. The first-order chi connectivity index (χ1) is 13.0. The van der Waals surface area contributed by atoms with Crippen molar-refractivity contribution < 1.29 is 13.5 Å². The van der Waals surface area contributed by atoms with Crippen molar-refractivity contribution >= 4 is 11.8 Å². The maximum Gasteiger partial charge on any atom is 0.270 e. The molecule has 27 heavy (non-hydrogen) atoms. The average molecular weight is 385 g/mol. The van der Waals surface area contributed by atoms with E-state index in [9.17, 15) is 18.8 Å².